The van der Waals surface area contributed by atoms with E-state index in [4.69, 9.17) is 9.57 Å². The highest BCUT2D eigenvalue weighted by Crippen LogP contribution is 2.40. The van der Waals surface area contributed by atoms with Crippen molar-refractivity contribution in [1.29, 1.82) is 10.5 Å². The van der Waals surface area contributed by atoms with Crippen molar-refractivity contribution in [3.05, 3.63) is 0 Å². The van der Waals surface area contributed by atoms with Crippen molar-refractivity contribution in [2.45, 2.75) is 102 Å². The minimum Gasteiger partial charge on any atom is -0.466 e. The number of ether oxygens (including phenoxy) is 1. The van der Waals surface area contributed by atoms with Crippen LogP contribution in [-0.2, 0) is 14.4 Å². The Bertz CT molecular complexity index is 695. The van der Waals surface area contributed by atoms with Crippen molar-refractivity contribution >= 4 is 5.97 Å². The van der Waals surface area contributed by atoms with Crippen molar-refractivity contribution in [3.8, 4) is 12.1 Å². The zero-order valence-corrected chi connectivity index (χ0v) is 18.9. The van der Waals surface area contributed by atoms with Crippen LogP contribution in [0.25, 0.3) is 0 Å². The van der Waals surface area contributed by atoms with Gasteiger partial charge in [-0.15, -0.1) is 0 Å². The summed E-state index contributed by atoms with van der Waals surface area (Å²) in [5, 5.41) is 28.6. The molecule has 0 aliphatic carbocycles. The topological polar surface area (TPSA) is 111 Å². The lowest BCUT2D eigenvalue weighted by atomic mass is 9.79. The van der Waals surface area contributed by atoms with Gasteiger partial charge in [-0.05, 0) is 60.3 Å². The molecule has 0 radical (unpaired) electrons. The van der Waals surface area contributed by atoms with Crippen LogP contribution in [0.3, 0.4) is 0 Å². The molecule has 1 heterocycles. The number of piperidine rings is 1. The molecule has 0 saturated carbocycles. The third kappa shape index (κ3) is 6.48. The van der Waals surface area contributed by atoms with E-state index in [1.54, 1.807) is 14.0 Å². The molecule has 0 amide bonds. The summed E-state index contributed by atoms with van der Waals surface area (Å²) in [4.78, 5) is 18.0. The van der Waals surface area contributed by atoms with Gasteiger partial charge in [0, 0.05) is 17.5 Å². The molecule has 0 aromatic rings. The second kappa shape index (κ2) is 9.65. The second-order valence-electron chi connectivity index (χ2n) is 9.11. The molecule has 8 nitrogen and oxygen atoms in total. The van der Waals surface area contributed by atoms with E-state index in [0.717, 1.165) is 19.3 Å². The molecule has 162 valence electrons. The summed E-state index contributed by atoms with van der Waals surface area (Å²) in [6.45, 7) is 11.6. The van der Waals surface area contributed by atoms with Crippen LogP contribution in [0.4, 0.5) is 0 Å². The first-order chi connectivity index (χ1) is 13.4. The zero-order chi connectivity index (χ0) is 22.3. The quantitative estimate of drug-likeness (QED) is 0.417. The average molecular weight is 406 g/mol. The maximum absolute atomic E-state index is 12.3. The maximum Gasteiger partial charge on any atom is 0.309 e. The number of esters is 1. The lowest BCUT2D eigenvalue weighted by Gasteiger charge is -2.52. The minimum atomic E-state index is -1.36. The summed E-state index contributed by atoms with van der Waals surface area (Å²) in [5.41, 5.74) is -2.68. The molecule has 1 aliphatic rings. The summed E-state index contributed by atoms with van der Waals surface area (Å²) < 4.78 is 5.41. The van der Waals surface area contributed by atoms with Crippen molar-refractivity contribution in [1.82, 2.24) is 5.06 Å². The molecule has 0 aromatic heterocycles. The molecule has 3 unspecified atom stereocenters. The Morgan fingerprint density at radius 1 is 1.14 bits per heavy atom. The molecule has 0 spiro atoms. The Morgan fingerprint density at radius 3 is 2.24 bits per heavy atom. The van der Waals surface area contributed by atoms with Gasteiger partial charge in [0.15, 0.2) is 11.1 Å². The number of hydrogen-bond donors (Lipinski definition) is 0. The Labute approximate surface area is 174 Å². The van der Waals surface area contributed by atoms with E-state index < -0.39 is 17.0 Å². The summed E-state index contributed by atoms with van der Waals surface area (Å²) in [7, 11) is 1.67. The van der Waals surface area contributed by atoms with Crippen LogP contribution in [-0.4, -0.2) is 46.9 Å². The summed E-state index contributed by atoms with van der Waals surface area (Å²) in [6.07, 6.45) is 3.96. The maximum atomic E-state index is 12.3. The van der Waals surface area contributed by atoms with E-state index in [9.17, 15) is 15.3 Å². The van der Waals surface area contributed by atoms with Gasteiger partial charge in [-0.2, -0.15) is 25.8 Å². The SMILES string of the molecule is CCC(C)(C#N)N=NC(C)(C#N)CC(=O)OCCC1(C)CCCC(C)(C)N1OC. The molecule has 29 heavy (non-hydrogen) atoms. The van der Waals surface area contributed by atoms with E-state index in [1.807, 2.05) is 18.1 Å². The van der Waals surface area contributed by atoms with Gasteiger partial charge < -0.3 is 9.57 Å². The number of hydrogen-bond acceptors (Lipinski definition) is 8. The van der Waals surface area contributed by atoms with Gasteiger partial charge in [-0.3, -0.25) is 4.79 Å². The lowest BCUT2D eigenvalue weighted by molar-refractivity contribution is -0.271. The first-order valence-corrected chi connectivity index (χ1v) is 10.2. The third-order valence-corrected chi connectivity index (χ3v) is 5.78. The summed E-state index contributed by atoms with van der Waals surface area (Å²) in [5.74, 6) is -0.509. The Kier molecular flexibility index (Phi) is 8.32. The van der Waals surface area contributed by atoms with E-state index in [2.05, 4.69) is 37.1 Å². The van der Waals surface area contributed by atoms with E-state index in [-0.39, 0.29) is 24.1 Å². The van der Waals surface area contributed by atoms with Gasteiger partial charge in [0.2, 0.25) is 0 Å². The van der Waals surface area contributed by atoms with Gasteiger partial charge in [0.25, 0.3) is 0 Å². The Morgan fingerprint density at radius 2 is 1.72 bits per heavy atom. The van der Waals surface area contributed by atoms with E-state index in [0.29, 0.717) is 12.8 Å². The molecule has 0 N–H and O–H groups in total. The Balaban J connectivity index is 2.69. The number of nitrogens with zero attached hydrogens (tertiary/aromatic N) is 5. The fraction of sp³-hybridized carbons (Fsp3) is 0.857. The molecule has 1 saturated heterocycles. The molecule has 1 aliphatic heterocycles. The highest BCUT2D eigenvalue weighted by atomic mass is 16.7. The van der Waals surface area contributed by atoms with Crippen LogP contribution >= 0.6 is 0 Å². The number of azo groups is 1. The molecule has 0 bridgehead atoms. The van der Waals surface area contributed by atoms with Crippen LogP contribution in [0.5, 0.6) is 0 Å². The predicted molar refractivity (Wildman–Crippen MR) is 109 cm³/mol. The van der Waals surface area contributed by atoms with Gasteiger partial charge in [0.1, 0.15) is 0 Å². The average Bonchev–Trinajstić information content (AvgIpc) is 2.65. The van der Waals surface area contributed by atoms with Crippen LogP contribution in [0.2, 0.25) is 0 Å². The van der Waals surface area contributed by atoms with Crippen molar-refractivity contribution in [2.75, 3.05) is 13.7 Å². The molecule has 1 rings (SSSR count). The van der Waals surface area contributed by atoms with Gasteiger partial charge in [0.05, 0.1) is 32.3 Å². The summed E-state index contributed by atoms with van der Waals surface area (Å²) >= 11 is 0. The van der Waals surface area contributed by atoms with Gasteiger partial charge >= 0.3 is 5.97 Å². The monoisotopic (exact) mass is 405 g/mol. The van der Waals surface area contributed by atoms with Crippen LogP contribution in [0, 0.1) is 22.7 Å². The van der Waals surface area contributed by atoms with Crippen LogP contribution in [0.1, 0.15) is 80.1 Å². The lowest BCUT2D eigenvalue weighted by Crippen LogP contribution is -2.59. The van der Waals surface area contributed by atoms with Crippen molar-refractivity contribution in [3.63, 3.8) is 0 Å². The number of hydroxylamine groups is 2. The highest BCUT2D eigenvalue weighted by molar-refractivity contribution is 5.71. The first kappa shape index (κ1) is 25.0. The molecular weight excluding hydrogens is 370 g/mol. The molecule has 3 atom stereocenters. The normalized spacial score (nSPS) is 26.1. The van der Waals surface area contributed by atoms with E-state index in [1.165, 1.54) is 6.92 Å². The molecule has 0 aromatic carbocycles. The number of rotatable bonds is 9. The fourth-order valence-corrected chi connectivity index (χ4v) is 3.74. The van der Waals surface area contributed by atoms with Crippen molar-refractivity contribution in [2.24, 2.45) is 10.2 Å². The van der Waals surface area contributed by atoms with Gasteiger partial charge in [-0.1, -0.05) is 6.92 Å². The molecular formula is C21H35N5O3. The zero-order valence-electron chi connectivity index (χ0n) is 18.9. The highest BCUT2D eigenvalue weighted by Gasteiger charge is 2.45. The predicted octanol–water partition coefficient (Wildman–Crippen LogP) is 4.32. The van der Waals surface area contributed by atoms with Crippen molar-refractivity contribution < 1.29 is 14.4 Å². The number of carbonyl (C=O) groups is 1. The Hall–Kier alpha value is -2.03. The fourth-order valence-electron chi connectivity index (χ4n) is 3.74. The second-order valence-corrected chi connectivity index (χ2v) is 9.11. The minimum absolute atomic E-state index is 0.0851. The third-order valence-electron chi connectivity index (χ3n) is 5.78. The van der Waals surface area contributed by atoms with E-state index >= 15 is 0 Å². The smallest absolute Gasteiger partial charge is 0.309 e. The van der Waals surface area contributed by atoms with Gasteiger partial charge in [-0.25, -0.2) is 0 Å². The van der Waals surface area contributed by atoms with Crippen LogP contribution in [0.15, 0.2) is 10.2 Å². The molecule has 8 heteroatoms. The first-order valence-electron chi connectivity index (χ1n) is 10.2. The van der Waals surface area contributed by atoms with Crippen LogP contribution < -0.4 is 0 Å². The molecule has 1 fully saturated rings. The number of nitriles is 2. The largest absolute Gasteiger partial charge is 0.466 e. The number of carbonyl (C=O) groups excluding carboxylic acids is 1. The summed E-state index contributed by atoms with van der Waals surface area (Å²) in [6, 6.07) is 4.07. The standard InChI is InChI=1S/C21H35N5O3/c1-8-19(4,15-22)24-25-20(5,16-23)14-17(27)29-13-12-21(6)11-9-10-18(2,3)26(21)28-7/h8-14H2,1-7H3.